The van der Waals surface area contributed by atoms with Crippen molar-refractivity contribution in [2.24, 2.45) is 5.73 Å². The smallest absolute Gasteiger partial charge is 0.389 e. The van der Waals surface area contributed by atoms with Crippen LogP contribution in [0.3, 0.4) is 0 Å². The minimum absolute atomic E-state index is 0.0651. The Hall–Kier alpha value is -1.37. The van der Waals surface area contributed by atoms with Crippen LogP contribution >= 0.6 is 12.2 Å². The summed E-state index contributed by atoms with van der Waals surface area (Å²) < 4.78 is 38.0. The molecule has 2 N–H and O–H groups in total. The van der Waals surface area contributed by atoms with Crippen LogP contribution in [0.5, 0.6) is 0 Å². The number of hydrogen-bond acceptors (Lipinski definition) is 3. The highest BCUT2D eigenvalue weighted by atomic mass is 32.1. The molecule has 7 heteroatoms. The summed E-state index contributed by atoms with van der Waals surface area (Å²) in [5, 5.41) is 0. The Morgan fingerprint density at radius 3 is 2.58 bits per heavy atom. The van der Waals surface area contributed by atoms with Crippen LogP contribution in [-0.2, 0) is 0 Å². The van der Waals surface area contributed by atoms with Crippen molar-refractivity contribution in [3.05, 3.63) is 23.4 Å². The molecule has 0 radical (unpaired) electrons. The molecule has 1 aromatic heterocycles. The van der Waals surface area contributed by atoms with Crippen molar-refractivity contribution in [3.8, 4) is 0 Å². The van der Waals surface area contributed by atoms with E-state index in [-0.39, 0.29) is 16.8 Å². The van der Waals surface area contributed by atoms with Gasteiger partial charge in [-0.15, -0.1) is 0 Å². The lowest BCUT2D eigenvalue weighted by Crippen LogP contribution is -2.38. The van der Waals surface area contributed by atoms with E-state index in [1.807, 2.05) is 0 Å². The van der Waals surface area contributed by atoms with Crippen LogP contribution in [0.15, 0.2) is 12.1 Å². The molecule has 0 aliphatic heterocycles. The topological polar surface area (TPSA) is 42.1 Å². The average Bonchev–Trinajstić information content (AvgIpc) is 3.07. The summed E-state index contributed by atoms with van der Waals surface area (Å²) in [4.78, 5) is 5.53. The second-order valence-corrected chi connectivity index (χ2v) is 5.10. The van der Waals surface area contributed by atoms with Crippen LogP contribution in [0, 0.1) is 6.92 Å². The zero-order valence-corrected chi connectivity index (χ0v) is 11.2. The van der Waals surface area contributed by atoms with Crippen LogP contribution in [0.4, 0.5) is 19.0 Å². The highest BCUT2D eigenvalue weighted by molar-refractivity contribution is 7.80. The lowest BCUT2D eigenvalue weighted by molar-refractivity contribution is -0.120. The molecule has 3 nitrogen and oxygen atoms in total. The molecule has 19 heavy (non-hydrogen) atoms. The number of nitrogens with two attached hydrogens (primary N) is 1. The molecule has 1 fully saturated rings. The van der Waals surface area contributed by atoms with E-state index in [1.165, 1.54) is 4.90 Å². The Morgan fingerprint density at radius 1 is 1.47 bits per heavy atom. The molecule has 1 saturated carbocycles. The lowest BCUT2D eigenvalue weighted by Gasteiger charge is -2.27. The number of hydrogen-bond donors (Lipinski definition) is 1. The minimum atomic E-state index is -4.28. The Bertz CT molecular complexity index is 497. The molecule has 0 aromatic carbocycles. The van der Waals surface area contributed by atoms with Gasteiger partial charge in [0.05, 0.1) is 5.56 Å². The lowest BCUT2D eigenvalue weighted by atomic mass is 10.2. The first-order valence-electron chi connectivity index (χ1n) is 5.89. The van der Waals surface area contributed by atoms with Crippen LogP contribution in [-0.4, -0.2) is 28.7 Å². The van der Waals surface area contributed by atoms with E-state index in [1.54, 1.807) is 19.1 Å². The van der Waals surface area contributed by atoms with Crippen molar-refractivity contribution < 1.29 is 13.2 Å². The highest BCUT2D eigenvalue weighted by Crippen LogP contribution is 2.35. The molecule has 1 aliphatic rings. The quantitative estimate of drug-likeness (QED) is 0.865. The fourth-order valence-electron chi connectivity index (χ4n) is 1.91. The molecule has 0 unspecified atom stereocenters. The summed E-state index contributed by atoms with van der Waals surface area (Å²) in [6, 6.07) is 3.20. The number of alkyl halides is 3. The van der Waals surface area contributed by atoms with E-state index < -0.39 is 12.7 Å². The highest BCUT2D eigenvalue weighted by Gasteiger charge is 2.39. The van der Waals surface area contributed by atoms with Crippen molar-refractivity contribution >= 4 is 23.0 Å². The Labute approximate surface area is 114 Å². The van der Waals surface area contributed by atoms with Gasteiger partial charge in [-0.2, -0.15) is 13.2 Å². The van der Waals surface area contributed by atoms with Crippen LogP contribution < -0.4 is 10.6 Å². The Balaban J connectivity index is 2.40. The molecule has 2 rings (SSSR count). The van der Waals surface area contributed by atoms with Crippen molar-refractivity contribution in [1.82, 2.24) is 4.98 Å². The van der Waals surface area contributed by atoms with Crippen molar-refractivity contribution in [3.63, 3.8) is 0 Å². The molecule has 1 heterocycles. The van der Waals surface area contributed by atoms with Crippen LogP contribution in [0.2, 0.25) is 0 Å². The molecule has 104 valence electrons. The SMILES string of the molecule is Cc1ccc(C(N)=S)c(N(CC(F)(F)F)C2CC2)n1. The predicted octanol–water partition coefficient (Wildman–Crippen LogP) is 2.56. The molecule has 0 spiro atoms. The van der Waals surface area contributed by atoms with E-state index in [0.29, 0.717) is 11.3 Å². The number of halogens is 3. The van der Waals surface area contributed by atoms with Crippen molar-refractivity contribution in [2.75, 3.05) is 11.4 Å². The van der Waals surface area contributed by atoms with Crippen molar-refractivity contribution in [1.29, 1.82) is 0 Å². The zero-order valence-electron chi connectivity index (χ0n) is 10.4. The summed E-state index contributed by atoms with van der Waals surface area (Å²) in [6.45, 7) is 0.704. The van der Waals surface area contributed by atoms with Gasteiger partial charge in [0.1, 0.15) is 17.4 Å². The van der Waals surface area contributed by atoms with Gasteiger partial charge in [-0.05, 0) is 31.9 Å². The standard InChI is InChI=1S/C12H14F3N3S/c1-7-2-5-9(10(16)19)11(17-7)18(8-3-4-8)6-12(13,14)15/h2,5,8H,3-4,6H2,1H3,(H2,16,19). The first-order valence-corrected chi connectivity index (χ1v) is 6.29. The third kappa shape index (κ3) is 3.56. The van der Waals surface area contributed by atoms with Gasteiger partial charge in [-0.1, -0.05) is 12.2 Å². The second-order valence-electron chi connectivity index (χ2n) is 4.66. The number of nitrogens with zero attached hydrogens (tertiary/aromatic N) is 2. The number of pyridine rings is 1. The summed E-state index contributed by atoms with van der Waals surface area (Å²) in [7, 11) is 0. The first-order chi connectivity index (χ1) is 8.78. The number of thiocarbonyl (C=S) groups is 1. The van der Waals surface area contributed by atoms with Crippen molar-refractivity contribution in [2.45, 2.75) is 32.0 Å². The summed E-state index contributed by atoms with van der Waals surface area (Å²) in [5.74, 6) is 0.243. The molecular weight excluding hydrogens is 275 g/mol. The van der Waals surface area contributed by atoms with Gasteiger partial charge in [0.2, 0.25) is 0 Å². The molecule has 0 bridgehead atoms. The van der Waals surface area contributed by atoms with Gasteiger partial charge >= 0.3 is 6.18 Å². The molecule has 1 aliphatic carbocycles. The monoisotopic (exact) mass is 289 g/mol. The number of aryl methyl sites for hydroxylation is 1. The molecular formula is C12H14F3N3S. The number of anilines is 1. The van der Waals surface area contributed by atoms with E-state index in [4.69, 9.17) is 18.0 Å². The Morgan fingerprint density at radius 2 is 2.11 bits per heavy atom. The summed E-state index contributed by atoms with van der Waals surface area (Å²) >= 11 is 4.89. The maximum atomic E-state index is 12.7. The first kappa shape index (κ1) is 14.0. The fraction of sp³-hybridized carbons (Fsp3) is 0.500. The van der Waals surface area contributed by atoms with E-state index in [0.717, 1.165) is 12.8 Å². The zero-order chi connectivity index (χ0) is 14.2. The average molecular weight is 289 g/mol. The maximum Gasteiger partial charge on any atom is 0.405 e. The summed E-state index contributed by atoms with van der Waals surface area (Å²) in [5.41, 5.74) is 6.61. The van der Waals surface area contributed by atoms with Gasteiger partial charge < -0.3 is 10.6 Å². The van der Waals surface area contributed by atoms with E-state index >= 15 is 0 Å². The van der Waals surface area contributed by atoms with E-state index in [2.05, 4.69) is 4.98 Å². The normalized spacial score (nSPS) is 15.4. The van der Waals surface area contributed by atoms with Gasteiger partial charge in [-0.25, -0.2) is 4.98 Å². The fourth-order valence-corrected chi connectivity index (χ4v) is 2.07. The van der Waals surface area contributed by atoms with Gasteiger partial charge in [-0.3, -0.25) is 0 Å². The molecule has 0 saturated heterocycles. The Kier molecular flexibility index (Phi) is 3.66. The van der Waals surface area contributed by atoms with E-state index in [9.17, 15) is 13.2 Å². The largest absolute Gasteiger partial charge is 0.405 e. The molecule has 1 aromatic rings. The maximum absolute atomic E-state index is 12.7. The third-order valence-electron chi connectivity index (χ3n) is 2.89. The van der Waals surface area contributed by atoms with Gasteiger partial charge in [0.25, 0.3) is 0 Å². The molecule has 0 amide bonds. The van der Waals surface area contributed by atoms with Gasteiger partial charge in [0, 0.05) is 11.7 Å². The third-order valence-corrected chi connectivity index (χ3v) is 3.11. The minimum Gasteiger partial charge on any atom is -0.389 e. The van der Waals surface area contributed by atoms with Gasteiger partial charge in [0.15, 0.2) is 0 Å². The van der Waals surface area contributed by atoms with Crippen LogP contribution in [0.25, 0.3) is 0 Å². The molecule has 0 atom stereocenters. The summed E-state index contributed by atoms with van der Waals surface area (Å²) in [6.07, 6.45) is -2.80. The number of rotatable bonds is 4. The van der Waals surface area contributed by atoms with Crippen LogP contribution in [0.1, 0.15) is 24.1 Å². The predicted molar refractivity (Wildman–Crippen MR) is 71.3 cm³/mol. The number of aromatic nitrogens is 1. The second kappa shape index (κ2) is 4.96.